The van der Waals surface area contributed by atoms with Gasteiger partial charge in [0.15, 0.2) is 0 Å². The number of nitrogens with one attached hydrogen (secondary N) is 1. The van der Waals surface area contributed by atoms with Gasteiger partial charge in [-0.2, -0.15) is 5.10 Å². The van der Waals surface area contributed by atoms with Crippen molar-refractivity contribution in [2.75, 3.05) is 49.6 Å². The molecule has 0 unspecified atom stereocenters. The first-order chi connectivity index (χ1) is 19.2. The average Bonchev–Trinajstić information content (AvgIpc) is 3.58. The highest BCUT2D eigenvalue weighted by Crippen LogP contribution is 2.25. The van der Waals surface area contributed by atoms with Crippen LogP contribution in [0.2, 0.25) is 0 Å². The van der Waals surface area contributed by atoms with Crippen LogP contribution in [0, 0.1) is 0 Å². The lowest BCUT2D eigenvalue weighted by molar-refractivity contribution is -0.0660. The molecule has 1 aromatic carbocycles. The van der Waals surface area contributed by atoms with E-state index in [0.717, 1.165) is 73.4 Å². The Morgan fingerprint density at radius 3 is 2.51 bits per heavy atom. The van der Waals surface area contributed by atoms with E-state index in [4.69, 9.17) is 9.72 Å². The van der Waals surface area contributed by atoms with Crippen LogP contribution in [0.3, 0.4) is 0 Å². The molecule has 0 radical (unpaired) electrons. The molecule has 6 heterocycles. The van der Waals surface area contributed by atoms with E-state index in [2.05, 4.69) is 77.2 Å². The smallest absolute Gasteiger partial charge is 0.139 e. The van der Waals surface area contributed by atoms with E-state index in [-0.39, 0.29) is 0 Å². The minimum absolute atomic E-state index is 0.606. The fourth-order valence-corrected chi connectivity index (χ4v) is 5.31. The standard InChI is InChI=1S/C29H31N9O/c1-35-17-23(15-34-35)22-4-2-21(3-5-22)14-30-28-13-26(32-20-33-28)27-16-31-29-12-24(6-7-38(27)29)36-8-10-37(11-9-36)25-18-39-19-25/h2-7,12-13,15-17,20,25H,8-11,14,18-19H2,1H3,(H,30,32,33). The molecule has 0 aliphatic carbocycles. The van der Waals surface area contributed by atoms with Crippen LogP contribution < -0.4 is 10.2 Å². The predicted molar refractivity (Wildman–Crippen MR) is 151 cm³/mol. The van der Waals surface area contributed by atoms with Crippen molar-refractivity contribution >= 4 is 17.2 Å². The van der Waals surface area contributed by atoms with E-state index in [1.54, 1.807) is 6.33 Å². The lowest BCUT2D eigenvalue weighted by atomic mass is 10.1. The molecule has 10 heteroatoms. The van der Waals surface area contributed by atoms with Crippen molar-refractivity contribution in [1.29, 1.82) is 0 Å². The van der Waals surface area contributed by atoms with Crippen molar-refractivity contribution in [3.8, 4) is 22.5 Å². The summed E-state index contributed by atoms with van der Waals surface area (Å²) in [4.78, 5) is 18.7. The Bertz CT molecular complexity index is 1580. The number of aromatic nitrogens is 6. The molecule has 2 saturated heterocycles. The summed E-state index contributed by atoms with van der Waals surface area (Å²) in [6.45, 7) is 6.61. The highest BCUT2D eigenvalue weighted by atomic mass is 16.5. The van der Waals surface area contributed by atoms with Gasteiger partial charge in [-0.3, -0.25) is 14.0 Å². The monoisotopic (exact) mass is 521 g/mol. The van der Waals surface area contributed by atoms with E-state index in [9.17, 15) is 0 Å². The van der Waals surface area contributed by atoms with Crippen molar-refractivity contribution in [1.82, 2.24) is 34.0 Å². The van der Waals surface area contributed by atoms with Crippen molar-refractivity contribution in [2.45, 2.75) is 12.6 Å². The number of rotatable bonds is 7. The van der Waals surface area contributed by atoms with E-state index < -0.39 is 0 Å². The molecule has 2 aliphatic heterocycles. The number of anilines is 2. The molecule has 0 spiro atoms. The second-order valence-electron chi connectivity index (χ2n) is 10.2. The first-order valence-electron chi connectivity index (χ1n) is 13.4. The van der Waals surface area contributed by atoms with Crippen LogP contribution in [0.4, 0.5) is 11.5 Å². The van der Waals surface area contributed by atoms with Crippen molar-refractivity contribution < 1.29 is 4.74 Å². The molecule has 10 nitrogen and oxygen atoms in total. The van der Waals surface area contributed by atoms with Gasteiger partial charge in [0, 0.05) is 75.5 Å². The Kier molecular flexibility index (Phi) is 6.18. The van der Waals surface area contributed by atoms with Crippen molar-refractivity contribution in [2.24, 2.45) is 7.05 Å². The molecule has 2 aliphatic rings. The van der Waals surface area contributed by atoms with Gasteiger partial charge in [0.25, 0.3) is 0 Å². The number of hydrogen-bond acceptors (Lipinski definition) is 8. The molecule has 0 amide bonds. The number of pyridine rings is 1. The van der Waals surface area contributed by atoms with Gasteiger partial charge < -0.3 is 15.0 Å². The number of benzene rings is 1. The topological polar surface area (TPSA) is 88.6 Å². The van der Waals surface area contributed by atoms with Crippen LogP contribution in [-0.4, -0.2) is 79.5 Å². The zero-order chi connectivity index (χ0) is 26.2. The van der Waals surface area contributed by atoms with Gasteiger partial charge in [0.05, 0.1) is 43.0 Å². The van der Waals surface area contributed by atoms with Crippen LogP contribution in [0.5, 0.6) is 0 Å². The maximum Gasteiger partial charge on any atom is 0.139 e. The van der Waals surface area contributed by atoms with E-state index in [1.165, 1.54) is 11.3 Å². The van der Waals surface area contributed by atoms with Gasteiger partial charge in [-0.05, 0) is 17.2 Å². The molecule has 0 atom stereocenters. The molecule has 2 fully saturated rings. The van der Waals surface area contributed by atoms with E-state index in [1.807, 2.05) is 36.4 Å². The molecule has 0 bridgehead atoms. The second kappa shape index (κ2) is 10.1. The Hall–Kier alpha value is -4.28. The summed E-state index contributed by atoms with van der Waals surface area (Å²) in [5.74, 6) is 0.776. The molecule has 1 N–H and O–H groups in total. The largest absolute Gasteiger partial charge is 0.378 e. The SMILES string of the molecule is Cn1cc(-c2ccc(CNc3cc(-c4cnc5cc(N6CCN(C7COC7)CC6)ccn45)ncn3)cc2)cn1. The average molecular weight is 522 g/mol. The lowest BCUT2D eigenvalue weighted by Gasteiger charge is -2.43. The first-order valence-corrected chi connectivity index (χ1v) is 13.4. The molecule has 7 rings (SSSR count). The van der Waals surface area contributed by atoms with Crippen LogP contribution in [0.25, 0.3) is 28.2 Å². The second-order valence-corrected chi connectivity index (χ2v) is 10.2. The van der Waals surface area contributed by atoms with Gasteiger partial charge in [0.2, 0.25) is 0 Å². The normalized spacial score (nSPS) is 16.5. The summed E-state index contributed by atoms with van der Waals surface area (Å²) in [6.07, 6.45) is 9.48. The summed E-state index contributed by atoms with van der Waals surface area (Å²) < 4.78 is 9.27. The van der Waals surface area contributed by atoms with Crippen molar-refractivity contribution in [3.05, 3.63) is 79.1 Å². The van der Waals surface area contributed by atoms with Crippen LogP contribution >= 0.6 is 0 Å². The number of piperazine rings is 1. The van der Waals surface area contributed by atoms with Gasteiger partial charge in [-0.25, -0.2) is 15.0 Å². The maximum absolute atomic E-state index is 5.36. The Labute approximate surface area is 226 Å². The van der Waals surface area contributed by atoms with Gasteiger partial charge in [-0.1, -0.05) is 24.3 Å². The summed E-state index contributed by atoms with van der Waals surface area (Å²) in [6, 6.07) is 15.4. The van der Waals surface area contributed by atoms with E-state index in [0.29, 0.717) is 12.6 Å². The Balaban J connectivity index is 1.02. The highest BCUT2D eigenvalue weighted by Gasteiger charge is 2.29. The summed E-state index contributed by atoms with van der Waals surface area (Å²) in [5.41, 5.74) is 7.33. The molecule has 4 aromatic heterocycles. The summed E-state index contributed by atoms with van der Waals surface area (Å²) >= 11 is 0. The molecular weight excluding hydrogens is 490 g/mol. The van der Waals surface area contributed by atoms with E-state index >= 15 is 0 Å². The fraction of sp³-hybridized carbons (Fsp3) is 0.310. The maximum atomic E-state index is 5.36. The molecule has 198 valence electrons. The quantitative estimate of drug-likeness (QED) is 0.349. The highest BCUT2D eigenvalue weighted by molar-refractivity contribution is 5.66. The number of nitrogens with zero attached hydrogens (tertiary/aromatic N) is 8. The Morgan fingerprint density at radius 2 is 1.77 bits per heavy atom. The molecule has 39 heavy (non-hydrogen) atoms. The lowest BCUT2D eigenvalue weighted by Crippen LogP contribution is -2.56. The molecule has 5 aromatic rings. The number of fused-ring (bicyclic) bond motifs is 1. The molecular formula is C29H31N9O. The minimum atomic E-state index is 0.606. The zero-order valence-corrected chi connectivity index (χ0v) is 21.9. The first kappa shape index (κ1) is 23.8. The molecule has 0 saturated carbocycles. The number of aryl methyl sites for hydroxylation is 1. The number of imidazole rings is 1. The third-order valence-corrected chi connectivity index (χ3v) is 7.71. The van der Waals surface area contributed by atoms with Crippen molar-refractivity contribution in [3.63, 3.8) is 0 Å². The van der Waals surface area contributed by atoms with Gasteiger partial charge in [0.1, 0.15) is 17.8 Å². The summed E-state index contributed by atoms with van der Waals surface area (Å²) in [5, 5.41) is 7.69. The third-order valence-electron chi connectivity index (χ3n) is 7.71. The Morgan fingerprint density at radius 1 is 0.923 bits per heavy atom. The minimum Gasteiger partial charge on any atom is -0.378 e. The van der Waals surface area contributed by atoms with Crippen LogP contribution in [0.15, 0.2) is 73.6 Å². The van der Waals surface area contributed by atoms with Crippen LogP contribution in [-0.2, 0) is 18.3 Å². The zero-order valence-electron chi connectivity index (χ0n) is 21.9. The van der Waals surface area contributed by atoms with Crippen LogP contribution in [0.1, 0.15) is 5.56 Å². The third kappa shape index (κ3) is 4.84. The summed E-state index contributed by atoms with van der Waals surface area (Å²) in [7, 11) is 1.93. The van der Waals surface area contributed by atoms with Gasteiger partial charge >= 0.3 is 0 Å². The number of hydrogen-bond donors (Lipinski definition) is 1. The number of ether oxygens (including phenoxy) is 1. The fourth-order valence-electron chi connectivity index (χ4n) is 5.31. The predicted octanol–water partition coefficient (Wildman–Crippen LogP) is 3.32. The van der Waals surface area contributed by atoms with Gasteiger partial charge in [-0.15, -0.1) is 0 Å².